The van der Waals surface area contributed by atoms with E-state index >= 15 is 0 Å². The molecule has 1 atom stereocenters. The summed E-state index contributed by atoms with van der Waals surface area (Å²) in [5.41, 5.74) is 9.03. The fourth-order valence-corrected chi connectivity index (χ4v) is 5.62. The van der Waals surface area contributed by atoms with Crippen molar-refractivity contribution in [3.63, 3.8) is 0 Å². The lowest BCUT2D eigenvalue weighted by molar-refractivity contribution is -0.137. The number of aliphatic hydroxyl groups excluding tert-OH is 1. The number of aromatic nitrogens is 3. The van der Waals surface area contributed by atoms with E-state index in [1.165, 1.54) is 11.3 Å². The Labute approximate surface area is 214 Å². The van der Waals surface area contributed by atoms with Crippen LogP contribution in [0.5, 0.6) is 0 Å². The predicted octanol–water partition coefficient (Wildman–Crippen LogP) is 5.19. The van der Waals surface area contributed by atoms with Crippen LogP contribution in [0.2, 0.25) is 0 Å². The summed E-state index contributed by atoms with van der Waals surface area (Å²) >= 11 is 1.41. The van der Waals surface area contributed by atoms with Crippen molar-refractivity contribution in [3.05, 3.63) is 87.7 Å². The van der Waals surface area contributed by atoms with Gasteiger partial charge in [0.05, 0.1) is 21.7 Å². The Hall–Kier alpha value is -3.38. The summed E-state index contributed by atoms with van der Waals surface area (Å²) in [6.07, 6.45) is -0.933. The van der Waals surface area contributed by atoms with Gasteiger partial charge in [-0.05, 0) is 67.1 Å². The molecule has 1 aliphatic rings. The van der Waals surface area contributed by atoms with Crippen molar-refractivity contribution in [3.8, 4) is 10.6 Å². The zero-order valence-electron chi connectivity index (χ0n) is 19.8. The molecular weight excluding hydrogens is 503 g/mol. The normalized spacial score (nSPS) is 17.6. The molecule has 1 aromatic carbocycles. The van der Waals surface area contributed by atoms with E-state index in [-0.39, 0.29) is 5.82 Å². The summed E-state index contributed by atoms with van der Waals surface area (Å²) in [7, 11) is 0. The van der Waals surface area contributed by atoms with Crippen LogP contribution in [-0.2, 0) is 18.1 Å². The van der Waals surface area contributed by atoms with E-state index in [9.17, 15) is 23.4 Å². The second-order valence-corrected chi connectivity index (χ2v) is 10.1. The van der Waals surface area contributed by atoms with Gasteiger partial charge < -0.3 is 21.3 Å². The van der Waals surface area contributed by atoms with Crippen LogP contribution in [0.1, 0.15) is 52.0 Å². The zero-order valence-corrected chi connectivity index (χ0v) is 20.6. The number of hydrogen-bond donors (Lipinski definition) is 4. The fraction of sp³-hybridized carbons (Fsp3) is 0.269. The molecule has 11 heteroatoms. The van der Waals surface area contributed by atoms with Crippen LogP contribution in [0.25, 0.3) is 10.6 Å². The lowest BCUT2D eigenvalue weighted by atomic mass is 9.77. The smallest absolute Gasteiger partial charge is 0.364 e. The van der Waals surface area contributed by atoms with Crippen LogP contribution in [0.3, 0.4) is 0 Å². The third kappa shape index (κ3) is 5.08. The first-order valence-electron chi connectivity index (χ1n) is 11.6. The molecule has 192 valence electrons. The summed E-state index contributed by atoms with van der Waals surface area (Å²) in [6.45, 7) is 1.87. The van der Waals surface area contributed by atoms with E-state index in [1.54, 1.807) is 24.4 Å². The van der Waals surface area contributed by atoms with Gasteiger partial charge in [-0.2, -0.15) is 13.2 Å². The van der Waals surface area contributed by atoms with E-state index in [0.717, 1.165) is 52.7 Å². The molecule has 5 N–H and O–H groups in total. The highest BCUT2D eigenvalue weighted by Gasteiger charge is 2.37. The molecule has 7 nitrogen and oxygen atoms in total. The quantitative estimate of drug-likeness (QED) is 0.264. The summed E-state index contributed by atoms with van der Waals surface area (Å²) in [5, 5.41) is 22.6. The van der Waals surface area contributed by atoms with Crippen LogP contribution in [0, 0.1) is 6.92 Å². The minimum Gasteiger partial charge on any atom is -0.364 e. The number of hydrogen-bond acceptors (Lipinski definition) is 8. The first-order chi connectivity index (χ1) is 17.5. The van der Waals surface area contributed by atoms with Gasteiger partial charge in [0.25, 0.3) is 0 Å². The highest BCUT2D eigenvalue weighted by molar-refractivity contribution is 7.15. The molecule has 0 aliphatic heterocycles. The van der Waals surface area contributed by atoms with E-state index in [1.807, 2.05) is 19.1 Å². The molecule has 3 aromatic heterocycles. The lowest BCUT2D eigenvalue weighted by Gasteiger charge is -2.34. The number of nitrogens with one attached hydrogen (secondary N) is 1. The molecule has 0 amide bonds. The summed E-state index contributed by atoms with van der Waals surface area (Å²) in [6, 6.07) is 10.7. The number of nitrogens with zero attached hydrogens (tertiary/aromatic N) is 3. The number of pyridine rings is 2. The topological polar surface area (TPSA) is 117 Å². The summed E-state index contributed by atoms with van der Waals surface area (Å²) < 4.78 is 39.2. The zero-order chi connectivity index (χ0) is 26.4. The molecule has 3 heterocycles. The maximum Gasteiger partial charge on any atom is 0.416 e. The highest BCUT2D eigenvalue weighted by atomic mass is 32.1. The molecule has 1 unspecified atom stereocenters. The molecule has 0 radical (unpaired) electrons. The van der Waals surface area contributed by atoms with Gasteiger partial charge in [-0.1, -0.05) is 18.2 Å². The number of fused-ring (bicyclic) bond motifs is 1. The fourth-order valence-electron chi connectivity index (χ4n) is 4.59. The van der Waals surface area contributed by atoms with Crippen molar-refractivity contribution in [1.29, 1.82) is 0 Å². The Balaban J connectivity index is 1.45. The summed E-state index contributed by atoms with van der Waals surface area (Å²) in [4.78, 5) is 14.0. The average molecular weight is 528 g/mol. The second kappa shape index (κ2) is 9.49. The van der Waals surface area contributed by atoms with Gasteiger partial charge in [-0.15, -0.1) is 11.3 Å². The van der Waals surface area contributed by atoms with Gasteiger partial charge in [0.2, 0.25) is 0 Å². The molecule has 4 aromatic rings. The number of benzene rings is 1. The number of aliphatic hydroxyl groups is 2. The van der Waals surface area contributed by atoms with E-state index < -0.39 is 23.6 Å². The van der Waals surface area contributed by atoms with Crippen molar-refractivity contribution >= 4 is 23.0 Å². The first kappa shape index (κ1) is 25.3. The third-order valence-corrected chi connectivity index (χ3v) is 7.58. The maximum absolute atomic E-state index is 13.1. The number of halogens is 3. The van der Waals surface area contributed by atoms with Gasteiger partial charge in [0.15, 0.2) is 6.29 Å². The maximum atomic E-state index is 13.1. The van der Waals surface area contributed by atoms with Crippen molar-refractivity contribution in [2.75, 3.05) is 5.32 Å². The SMILES string of the molecule is Cc1cc(Nc2cc(C(F)(F)F)ccn2)nc(-c2cnc(C3(N)CCCc4cc(C(O)O)ccc43)s2)c1. The van der Waals surface area contributed by atoms with Gasteiger partial charge in [-0.3, -0.25) is 0 Å². The number of alkyl halides is 3. The van der Waals surface area contributed by atoms with Crippen LogP contribution < -0.4 is 11.1 Å². The largest absolute Gasteiger partial charge is 0.416 e. The molecule has 0 spiro atoms. The van der Waals surface area contributed by atoms with Gasteiger partial charge in [0.1, 0.15) is 16.6 Å². The molecular formula is C26H24F3N5O2S. The van der Waals surface area contributed by atoms with Crippen molar-refractivity contribution in [1.82, 2.24) is 15.0 Å². The predicted molar refractivity (Wildman–Crippen MR) is 134 cm³/mol. The van der Waals surface area contributed by atoms with Crippen LogP contribution in [-0.4, -0.2) is 25.2 Å². The van der Waals surface area contributed by atoms with Crippen molar-refractivity contribution < 1.29 is 23.4 Å². The number of nitrogens with two attached hydrogens (primary N) is 1. The number of thiazole rings is 1. The molecule has 1 aliphatic carbocycles. The number of rotatable bonds is 5. The minimum absolute atomic E-state index is 0.0379. The Kier molecular flexibility index (Phi) is 6.48. The standard InChI is InChI=1S/C26H24F3N5O2S/c1-14-9-19(33-22(10-14)34-21-12-17(6-8-31-21)26(27,28)29)20-13-32-24(37-20)25(30)7-2-3-15-11-16(23(35)36)4-5-18(15)25/h4-6,8-13,23,35-36H,2-3,7,30H2,1H3,(H,31,33,34). The van der Waals surface area contributed by atoms with Crippen LogP contribution in [0.4, 0.5) is 24.8 Å². The highest BCUT2D eigenvalue weighted by Crippen LogP contribution is 2.42. The second-order valence-electron chi connectivity index (χ2n) is 9.11. The van der Waals surface area contributed by atoms with E-state index in [4.69, 9.17) is 5.73 Å². The Morgan fingerprint density at radius 2 is 1.89 bits per heavy atom. The Morgan fingerprint density at radius 3 is 2.65 bits per heavy atom. The first-order valence-corrected chi connectivity index (χ1v) is 12.4. The van der Waals surface area contributed by atoms with Crippen molar-refractivity contribution in [2.24, 2.45) is 5.73 Å². The molecule has 5 rings (SSSR count). The monoisotopic (exact) mass is 527 g/mol. The van der Waals surface area contributed by atoms with Gasteiger partial charge in [0, 0.05) is 18.0 Å². The van der Waals surface area contributed by atoms with Gasteiger partial charge >= 0.3 is 6.18 Å². The Morgan fingerprint density at radius 1 is 1.08 bits per heavy atom. The number of aryl methyl sites for hydroxylation is 2. The molecule has 37 heavy (non-hydrogen) atoms. The molecule has 0 saturated carbocycles. The summed E-state index contributed by atoms with van der Waals surface area (Å²) in [5.74, 6) is 0.397. The Bertz CT molecular complexity index is 1460. The average Bonchev–Trinajstić information content (AvgIpc) is 3.35. The number of anilines is 2. The molecule has 0 fully saturated rings. The van der Waals surface area contributed by atoms with E-state index in [0.29, 0.717) is 28.5 Å². The molecule has 0 bridgehead atoms. The van der Waals surface area contributed by atoms with Crippen LogP contribution in [0.15, 0.2) is 54.9 Å². The van der Waals surface area contributed by atoms with Gasteiger partial charge in [-0.25, -0.2) is 15.0 Å². The third-order valence-electron chi connectivity index (χ3n) is 6.38. The minimum atomic E-state index is -4.47. The lowest BCUT2D eigenvalue weighted by Crippen LogP contribution is -2.41. The van der Waals surface area contributed by atoms with Crippen molar-refractivity contribution in [2.45, 2.75) is 44.2 Å². The molecule has 0 saturated heterocycles. The van der Waals surface area contributed by atoms with Crippen LogP contribution >= 0.6 is 11.3 Å². The van der Waals surface area contributed by atoms with E-state index in [2.05, 4.69) is 20.3 Å².